The number of benzene rings is 9. The lowest BCUT2D eigenvalue weighted by atomic mass is 9.64. The second-order valence-electron chi connectivity index (χ2n) is 15.2. The number of anilines is 3. The molecule has 0 saturated heterocycles. The molecule has 274 valence electrons. The van der Waals surface area contributed by atoms with E-state index in [1.807, 2.05) is 11.8 Å². The van der Waals surface area contributed by atoms with Crippen LogP contribution in [-0.2, 0) is 5.41 Å². The molecule has 2 heterocycles. The van der Waals surface area contributed by atoms with Crippen LogP contribution in [0.15, 0.2) is 240 Å². The van der Waals surface area contributed by atoms with Crippen molar-refractivity contribution in [1.82, 2.24) is 0 Å². The fourth-order valence-corrected chi connectivity index (χ4v) is 14.4. The highest BCUT2D eigenvalue weighted by molar-refractivity contribution is 7.99. The summed E-state index contributed by atoms with van der Waals surface area (Å²) >= 11 is 1.90. The van der Waals surface area contributed by atoms with Crippen molar-refractivity contribution in [1.29, 1.82) is 0 Å². The SMILES string of the molecule is c1ccc(-c2cc(-c3ccccc3)cc(N(c3ccccc3)c3ccc4c(c3)[SiH](c3ccccc3)c3ccccc3C43c4ccccc4Sc4ccccc43)c2)cc1. The lowest BCUT2D eigenvalue weighted by molar-refractivity contribution is 0.708. The van der Waals surface area contributed by atoms with Gasteiger partial charge in [-0.05, 0) is 109 Å². The maximum atomic E-state index is 2.56. The Morgan fingerprint density at radius 2 is 0.810 bits per heavy atom. The van der Waals surface area contributed by atoms with Crippen LogP contribution in [0.2, 0.25) is 0 Å². The molecule has 0 aromatic heterocycles. The molecule has 0 N–H and O–H groups in total. The van der Waals surface area contributed by atoms with Gasteiger partial charge in [0.15, 0.2) is 0 Å². The third kappa shape index (κ3) is 5.61. The highest BCUT2D eigenvalue weighted by Gasteiger charge is 2.50. The topological polar surface area (TPSA) is 3.24 Å². The largest absolute Gasteiger partial charge is 0.310 e. The van der Waals surface area contributed by atoms with Gasteiger partial charge in [-0.15, -0.1) is 0 Å². The molecule has 9 aromatic carbocycles. The van der Waals surface area contributed by atoms with Gasteiger partial charge < -0.3 is 4.90 Å². The van der Waals surface area contributed by atoms with E-state index in [9.17, 15) is 0 Å². The third-order valence-corrected chi connectivity index (χ3v) is 16.5. The van der Waals surface area contributed by atoms with Gasteiger partial charge in [0.05, 0.1) is 5.41 Å². The molecule has 2 aliphatic heterocycles. The van der Waals surface area contributed by atoms with Crippen molar-refractivity contribution in [2.75, 3.05) is 4.90 Å². The minimum absolute atomic E-state index is 0.466. The van der Waals surface area contributed by atoms with E-state index in [0.717, 1.165) is 17.1 Å². The van der Waals surface area contributed by atoms with E-state index >= 15 is 0 Å². The second-order valence-corrected chi connectivity index (χ2v) is 19.1. The van der Waals surface area contributed by atoms with Crippen molar-refractivity contribution >= 4 is 53.2 Å². The van der Waals surface area contributed by atoms with Gasteiger partial charge in [0.1, 0.15) is 8.80 Å². The Morgan fingerprint density at radius 3 is 1.41 bits per heavy atom. The van der Waals surface area contributed by atoms with Gasteiger partial charge in [0.25, 0.3) is 0 Å². The highest BCUT2D eigenvalue weighted by Crippen LogP contribution is 2.56. The van der Waals surface area contributed by atoms with Crippen LogP contribution < -0.4 is 20.5 Å². The van der Waals surface area contributed by atoms with Crippen LogP contribution >= 0.6 is 11.8 Å². The quantitative estimate of drug-likeness (QED) is 0.155. The molecule has 9 aromatic rings. The minimum atomic E-state index is -2.01. The molecule has 11 rings (SSSR count). The number of rotatable bonds is 6. The zero-order valence-corrected chi connectivity index (χ0v) is 33.8. The monoisotopic (exact) mass is 773 g/mol. The third-order valence-electron chi connectivity index (χ3n) is 12.0. The predicted molar refractivity (Wildman–Crippen MR) is 247 cm³/mol. The van der Waals surface area contributed by atoms with Crippen LogP contribution in [-0.4, -0.2) is 8.80 Å². The summed E-state index contributed by atoms with van der Waals surface area (Å²) in [6, 6.07) is 85.9. The van der Waals surface area contributed by atoms with E-state index < -0.39 is 14.2 Å². The molecule has 1 nitrogen and oxygen atoms in total. The normalized spacial score (nSPS) is 14.4. The van der Waals surface area contributed by atoms with E-state index in [4.69, 9.17) is 0 Å². The van der Waals surface area contributed by atoms with E-state index in [1.165, 1.54) is 69.9 Å². The predicted octanol–water partition coefficient (Wildman–Crippen LogP) is 11.9. The first-order valence-electron chi connectivity index (χ1n) is 20.0. The summed E-state index contributed by atoms with van der Waals surface area (Å²) in [5.74, 6) is 0. The van der Waals surface area contributed by atoms with Gasteiger partial charge in [-0.25, -0.2) is 0 Å². The van der Waals surface area contributed by atoms with Crippen LogP contribution in [0.3, 0.4) is 0 Å². The van der Waals surface area contributed by atoms with Gasteiger partial charge in [0.2, 0.25) is 0 Å². The Morgan fingerprint density at radius 1 is 0.328 bits per heavy atom. The van der Waals surface area contributed by atoms with Gasteiger partial charge in [-0.2, -0.15) is 0 Å². The Balaban J connectivity index is 1.22. The first kappa shape index (κ1) is 34.6. The highest BCUT2D eigenvalue weighted by atomic mass is 32.2. The van der Waals surface area contributed by atoms with Crippen molar-refractivity contribution in [3.05, 3.63) is 253 Å². The molecule has 0 fully saturated rings. The molecular formula is C55H39NSSi. The molecular weight excluding hydrogens is 735 g/mol. The van der Waals surface area contributed by atoms with Crippen molar-refractivity contribution in [3.8, 4) is 22.3 Å². The number of hydrogen-bond acceptors (Lipinski definition) is 2. The average molecular weight is 774 g/mol. The zero-order chi connectivity index (χ0) is 38.5. The molecule has 0 aliphatic carbocycles. The maximum Gasteiger partial charge on any atom is 0.133 e. The van der Waals surface area contributed by atoms with Crippen LogP contribution in [0.5, 0.6) is 0 Å². The molecule has 58 heavy (non-hydrogen) atoms. The lowest BCUT2D eigenvalue weighted by Gasteiger charge is -2.48. The fraction of sp³-hybridized carbons (Fsp3) is 0.0182. The molecule has 0 bridgehead atoms. The number of nitrogens with zero attached hydrogens (tertiary/aromatic N) is 1. The number of hydrogen-bond donors (Lipinski definition) is 0. The van der Waals surface area contributed by atoms with Crippen LogP contribution in [0.1, 0.15) is 22.3 Å². The van der Waals surface area contributed by atoms with Gasteiger partial charge in [-0.3, -0.25) is 0 Å². The molecule has 1 atom stereocenters. The summed E-state index contributed by atoms with van der Waals surface area (Å²) in [6.07, 6.45) is 0. The number of fused-ring (bicyclic) bond motifs is 8. The zero-order valence-electron chi connectivity index (χ0n) is 31.9. The van der Waals surface area contributed by atoms with E-state index in [2.05, 4.69) is 235 Å². The van der Waals surface area contributed by atoms with Gasteiger partial charge in [-0.1, -0.05) is 193 Å². The molecule has 1 unspecified atom stereocenters. The van der Waals surface area contributed by atoms with Gasteiger partial charge >= 0.3 is 0 Å². The van der Waals surface area contributed by atoms with Crippen molar-refractivity contribution < 1.29 is 0 Å². The van der Waals surface area contributed by atoms with Crippen molar-refractivity contribution in [2.45, 2.75) is 15.2 Å². The Labute approximate surface area is 346 Å². The summed E-state index contributed by atoms with van der Waals surface area (Å²) in [4.78, 5) is 5.12. The Hall–Kier alpha value is -6.65. The molecule has 2 aliphatic rings. The van der Waals surface area contributed by atoms with Gasteiger partial charge in [0, 0.05) is 26.9 Å². The smallest absolute Gasteiger partial charge is 0.133 e. The summed E-state index contributed by atoms with van der Waals surface area (Å²) in [7, 11) is -2.01. The molecule has 0 amide bonds. The molecule has 3 heteroatoms. The minimum Gasteiger partial charge on any atom is -0.310 e. The Bertz CT molecular complexity index is 2830. The van der Waals surface area contributed by atoms with E-state index in [0.29, 0.717) is 0 Å². The molecule has 0 radical (unpaired) electrons. The van der Waals surface area contributed by atoms with Crippen LogP contribution in [0.25, 0.3) is 22.3 Å². The Kier molecular flexibility index (Phi) is 8.57. The van der Waals surface area contributed by atoms with E-state index in [-0.39, 0.29) is 0 Å². The second kappa shape index (κ2) is 14.4. The first-order valence-corrected chi connectivity index (χ1v) is 22.6. The molecule has 1 spiro atoms. The lowest BCUT2D eigenvalue weighted by Crippen LogP contribution is -2.62. The fourth-order valence-electron chi connectivity index (χ4n) is 9.61. The first-order chi connectivity index (χ1) is 28.8. The average Bonchev–Trinajstić information content (AvgIpc) is 3.30. The van der Waals surface area contributed by atoms with Crippen molar-refractivity contribution in [2.24, 2.45) is 0 Å². The maximum absolute atomic E-state index is 2.56. The standard InChI is InChI=1S/C55H39NSSi/c1-5-19-39(20-6-1)41-35-42(40-21-7-2-8-22-40)37-45(36-41)56(43-23-9-3-10-24-43)44-33-34-50-54(38-44)58(46-25-11-4-12-26-46)53-32-18-15-29-49(53)55(50)47-27-13-16-30-51(47)57-52-31-17-14-28-48(52)55/h1-38,58H. The van der Waals surface area contributed by atoms with Crippen LogP contribution in [0, 0.1) is 0 Å². The summed E-state index contributed by atoms with van der Waals surface area (Å²) < 4.78 is 0. The number of para-hydroxylation sites is 1. The summed E-state index contributed by atoms with van der Waals surface area (Å²) in [5, 5.41) is 4.37. The molecule has 0 saturated carbocycles. The van der Waals surface area contributed by atoms with E-state index in [1.54, 1.807) is 0 Å². The van der Waals surface area contributed by atoms with Crippen molar-refractivity contribution in [3.63, 3.8) is 0 Å². The van der Waals surface area contributed by atoms with Crippen LogP contribution in [0.4, 0.5) is 17.1 Å². The summed E-state index contributed by atoms with van der Waals surface area (Å²) in [5.41, 5.74) is 13.3. The summed E-state index contributed by atoms with van der Waals surface area (Å²) in [6.45, 7) is 0.